The maximum absolute atomic E-state index is 12.0. The van der Waals surface area contributed by atoms with E-state index in [1.54, 1.807) is 0 Å². The lowest BCUT2D eigenvalue weighted by molar-refractivity contribution is -0.139. The highest BCUT2D eigenvalue weighted by molar-refractivity contribution is 5.91. The largest absolute Gasteiger partial charge is 0.454 e. The molecule has 0 amide bonds. The van der Waals surface area contributed by atoms with Crippen LogP contribution in [0.15, 0.2) is 22.8 Å². The first kappa shape index (κ1) is 17.7. The number of hydrogen-bond acceptors (Lipinski definition) is 4. The van der Waals surface area contributed by atoms with Crippen LogP contribution < -0.4 is 0 Å². The topological polar surface area (TPSA) is 55.8 Å². The Kier molecular flexibility index (Phi) is 4.89. The van der Waals surface area contributed by atoms with Gasteiger partial charge in [-0.15, -0.1) is 0 Å². The Morgan fingerprint density at radius 1 is 1.25 bits per heavy atom. The summed E-state index contributed by atoms with van der Waals surface area (Å²) in [7, 11) is 0. The van der Waals surface area contributed by atoms with E-state index in [9.17, 15) is 9.90 Å². The third-order valence-electron chi connectivity index (χ3n) is 6.15. The van der Waals surface area contributed by atoms with E-state index in [1.165, 1.54) is 5.57 Å². The van der Waals surface area contributed by atoms with Crippen molar-refractivity contribution in [3.8, 4) is 0 Å². The van der Waals surface area contributed by atoms with Crippen molar-refractivity contribution in [3.05, 3.63) is 22.8 Å². The number of aliphatic hydroxyl groups is 1. The van der Waals surface area contributed by atoms with Gasteiger partial charge in [-0.25, -0.2) is 4.79 Å². The molecule has 3 rings (SSSR count). The number of esters is 1. The van der Waals surface area contributed by atoms with E-state index in [4.69, 9.17) is 9.47 Å². The van der Waals surface area contributed by atoms with Gasteiger partial charge in [-0.1, -0.05) is 18.6 Å². The Bertz CT molecular complexity index is 576. The van der Waals surface area contributed by atoms with Crippen molar-refractivity contribution in [1.29, 1.82) is 0 Å². The van der Waals surface area contributed by atoms with Crippen LogP contribution in [0, 0.1) is 5.92 Å². The van der Waals surface area contributed by atoms with Gasteiger partial charge in [0, 0.05) is 18.4 Å². The second kappa shape index (κ2) is 6.64. The molecule has 2 bridgehead atoms. The molecule has 24 heavy (non-hydrogen) atoms. The first-order valence-corrected chi connectivity index (χ1v) is 9.22. The summed E-state index contributed by atoms with van der Waals surface area (Å²) in [5, 5.41) is 10.9. The standard InChI is InChI=1S/C20H30O4/c1-12-6-5-7-13(2)16-8-9-20(4,24-16)18(21)11-15-14(3)19(22)23-17(15)10-12/h6,13,16-18,21H,5,7-11H2,1-4H3/b12-6+/t13-,16+,17+,18+,20+/m0/s1. The van der Waals surface area contributed by atoms with Crippen molar-refractivity contribution in [1.82, 2.24) is 0 Å². The minimum atomic E-state index is -0.610. The maximum Gasteiger partial charge on any atom is 0.334 e. The van der Waals surface area contributed by atoms with Crippen LogP contribution in [0.1, 0.15) is 66.2 Å². The zero-order chi connectivity index (χ0) is 17.5. The first-order chi connectivity index (χ1) is 11.3. The van der Waals surface area contributed by atoms with Gasteiger partial charge in [0.1, 0.15) is 6.10 Å². The summed E-state index contributed by atoms with van der Waals surface area (Å²) in [4.78, 5) is 12.0. The lowest BCUT2D eigenvalue weighted by Crippen LogP contribution is -2.41. The molecule has 0 unspecified atom stereocenters. The molecule has 1 N–H and O–H groups in total. The molecule has 1 fully saturated rings. The van der Waals surface area contributed by atoms with E-state index < -0.39 is 11.7 Å². The van der Waals surface area contributed by atoms with Crippen molar-refractivity contribution < 1.29 is 19.4 Å². The molecule has 134 valence electrons. The zero-order valence-electron chi connectivity index (χ0n) is 15.3. The summed E-state index contributed by atoms with van der Waals surface area (Å²) in [5.74, 6) is 0.244. The number of carbonyl (C=O) groups excluding carboxylic acids is 1. The molecule has 0 aromatic carbocycles. The van der Waals surface area contributed by atoms with Gasteiger partial charge in [0.05, 0.1) is 17.8 Å². The number of rotatable bonds is 0. The maximum atomic E-state index is 12.0. The normalized spacial score (nSPS) is 43.2. The van der Waals surface area contributed by atoms with Gasteiger partial charge in [-0.05, 0) is 57.9 Å². The number of hydrogen-bond donors (Lipinski definition) is 1. The fraction of sp³-hybridized carbons (Fsp3) is 0.750. The predicted molar refractivity (Wildman–Crippen MR) is 92.5 cm³/mol. The molecule has 3 aliphatic heterocycles. The van der Waals surface area contributed by atoms with Crippen molar-refractivity contribution in [2.24, 2.45) is 5.92 Å². The van der Waals surface area contributed by atoms with Crippen LogP contribution in [0.3, 0.4) is 0 Å². The SMILES string of the molecule is CC1=C2C[C@@H](O)[C@@]3(C)CC[C@@H](O3)[C@@H](C)CC/C=C(\C)C[C@H]2OC1=O. The molecule has 3 heterocycles. The number of allylic oxidation sites excluding steroid dienone is 1. The number of aliphatic hydroxyl groups excluding tert-OH is 1. The average molecular weight is 334 g/mol. The van der Waals surface area contributed by atoms with Crippen molar-refractivity contribution >= 4 is 5.97 Å². The highest BCUT2D eigenvalue weighted by Crippen LogP contribution is 2.41. The molecule has 1 saturated heterocycles. The molecule has 3 aliphatic rings. The quantitative estimate of drug-likeness (QED) is 0.542. The van der Waals surface area contributed by atoms with Gasteiger partial charge >= 0.3 is 5.97 Å². The molecule has 0 spiro atoms. The first-order valence-electron chi connectivity index (χ1n) is 9.22. The van der Waals surface area contributed by atoms with E-state index >= 15 is 0 Å². The summed E-state index contributed by atoms with van der Waals surface area (Å²) >= 11 is 0. The summed E-state index contributed by atoms with van der Waals surface area (Å²) in [6.07, 6.45) is 6.77. The highest BCUT2D eigenvalue weighted by Gasteiger charge is 2.45. The summed E-state index contributed by atoms with van der Waals surface area (Å²) < 4.78 is 11.9. The van der Waals surface area contributed by atoms with Crippen LogP contribution in [-0.2, 0) is 14.3 Å². The Morgan fingerprint density at radius 2 is 2.00 bits per heavy atom. The van der Waals surface area contributed by atoms with Crippen molar-refractivity contribution in [2.75, 3.05) is 0 Å². The molecule has 5 atom stereocenters. The van der Waals surface area contributed by atoms with Gasteiger partial charge in [0.15, 0.2) is 0 Å². The Morgan fingerprint density at radius 3 is 2.75 bits per heavy atom. The molecular formula is C20H30O4. The van der Waals surface area contributed by atoms with E-state index in [2.05, 4.69) is 19.9 Å². The number of carbonyl (C=O) groups is 1. The molecule has 0 saturated carbocycles. The van der Waals surface area contributed by atoms with Gasteiger partial charge in [-0.3, -0.25) is 0 Å². The fourth-order valence-electron chi connectivity index (χ4n) is 4.23. The third kappa shape index (κ3) is 3.31. The van der Waals surface area contributed by atoms with E-state index in [0.29, 0.717) is 17.9 Å². The van der Waals surface area contributed by atoms with Gasteiger partial charge in [-0.2, -0.15) is 0 Å². The monoisotopic (exact) mass is 334 g/mol. The van der Waals surface area contributed by atoms with E-state index in [0.717, 1.165) is 37.7 Å². The molecule has 0 aliphatic carbocycles. The number of ether oxygens (including phenoxy) is 2. The van der Waals surface area contributed by atoms with Crippen LogP contribution >= 0.6 is 0 Å². The lowest BCUT2D eigenvalue weighted by Gasteiger charge is -2.32. The molecule has 0 aromatic heterocycles. The molecule has 0 aromatic rings. The summed E-state index contributed by atoms with van der Waals surface area (Å²) in [5.41, 5.74) is 2.33. The van der Waals surface area contributed by atoms with Crippen LogP contribution in [0.4, 0.5) is 0 Å². The van der Waals surface area contributed by atoms with Gasteiger partial charge < -0.3 is 14.6 Å². The second-order valence-corrected chi connectivity index (χ2v) is 8.08. The molecule has 4 nitrogen and oxygen atoms in total. The van der Waals surface area contributed by atoms with Crippen LogP contribution in [0.5, 0.6) is 0 Å². The fourth-order valence-corrected chi connectivity index (χ4v) is 4.23. The minimum absolute atomic E-state index is 0.214. The second-order valence-electron chi connectivity index (χ2n) is 8.08. The number of fused-ring (bicyclic) bond motifs is 3. The third-order valence-corrected chi connectivity index (χ3v) is 6.15. The van der Waals surface area contributed by atoms with Crippen LogP contribution in [-0.4, -0.2) is 35.0 Å². The Hall–Kier alpha value is -1.13. The van der Waals surface area contributed by atoms with E-state index in [-0.39, 0.29) is 18.2 Å². The van der Waals surface area contributed by atoms with Gasteiger partial charge in [0.2, 0.25) is 0 Å². The average Bonchev–Trinajstić information content (AvgIpc) is 3.04. The molecule has 0 radical (unpaired) electrons. The van der Waals surface area contributed by atoms with Crippen LogP contribution in [0.25, 0.3) is 0 Å². The zero-order valence-corrected chi connectivity index (χ0v) is 15.3. The Labute approximate surface area is 144 Å². The molecule has 4 heteroatoms. The minimum Gasteiger partial charge on any atom is -0.454 e. The van der Waals surface area contributed by atoms with E-state index in [1.807, 2.05) is 13.8 Å². The van der Waals surface area contributed by atoms with Crippen molar-refractivity contribution in [2.45, 2.75) is 90.1 Å². The predicted octanol–water partition coefficient (Wildman–Crippen LogP) is 3.68. The Balaban J connectivity index is 1.90. The van der Waals surface area contributed by atoms with Crippen molar-refractivity contribution in [3.63, 3.8) is 0 Å². The lowest BCUT2D eigenvalue weighted by atomic mass is 9.86. The summed E-state index contributed by atoms with van der Waals surface area (Å²) in [6, 6.07) is 0. The summed E-state index contributed by atoms with van der Waals surface area (Å²) in [6.45, 7) is 8.17. The smallest absolute Gasteiger partial charge is 0.334 e. The molecular weight excluding hydrogens is 304 g/mol. The van der Waals surface area contributed by atoms with Gasteiger partial charge in [0.25, 0.3) is 0 Å². The highest BCUT2D eigenvalue weighted by atomic mass is 16.5. The van der Waals surface area contributed by atoms with Crippen LogP contribution in [0.2, 0.25) is 0 Å².